The Bertz CT molecular complexity index is 1280. The Kier molecular flexibility index (Phi) is 5.96. The van der Waals surface area contributed by atoms with Gasteiger partial charge < -0.3 is 19.5 Å². The number of anilines is 1. The smallest absolute Gasteiger partial charge is 0.410 e. The molecule has 182 valence electrons. The van der Waals surface area contributed by atoms with Crippen LogP contribution in [0.15, 0.2) is 30.5 Å². The molecule has 2 aliphatic heterocycles. The molecule has 0 unspecified atom stereocenters. The van der Waals surface area contributed by atoms with Gasteiger partial charge in [-0.1, -0.05) is 13.0 Å². The van der Waals surface area contributed by atoms with Crippen LogP contribution in [0, 0.1) is 0 Å². The first-order valence-electron chi connectivity index (χ1n) is 12.0. The van der Waals surface area contributed by atoms with Crippen LogP contribution in [-0.2, 0) is 29.7 Å². The number of nitrogens with zero attached hydrogens (tertiary/aromatic N) is 6. The number of amides is 2. The van der Waals surface area contributed by atoms with E-state index in [1.165, 1.54) is 0 Å². The maximum absolute atomic E-state index is 13.0. The molecule has 1 N–H and O–H groups in total. The van der Waals surface area contributed by atoms with Gasteiger partial charge in [-0.25, -0.2) is 9.78 Å². The topological polar surface area (TPSA) is 115 Å². The first-order valence-corrected chi connectivity index (χ1v) is 12.0. The third kappa shape index (κ3) is 4.48. The van der Waals surface area contributed by atoms with Crippen LogP contribution in [0.2, 0.25) is 0 Å². The van der Waals surface area contributed by atoms with Crippen molar-refractivity contribution in [2.45, 2.75) is 58.5 Å². The molecule has 0 fully saturated rings. The van der Waals surface area contributed by atoms with E-state index in [1.807, 2.05) is 19.1 Å². The molecule has 10 nitrogen and oxygen atoms in total. The zero-order chi connectivity index (χ0) is 24.6. The highest BCUT2D eigenvalue weighted by molar-refractivity contribution is 6.02. The molecule has 0 bridgehead atoms. The summed E-state index contributed by atoms with van der Waals surface area (Å²) >= 11 is 0. The largest absolute Gasteiger partial charge is 0.449 e. The second-order valence-electron chi connectivity index (χ2n) is 9.57. The van der Waals surface area contributed by atoms with E-state index in [2.05, 4.69) is 43.9 Å². The maximum atomic E-state index is 13.0. The molecule has 35 heavy (non-hydrogen) atoms. The van der Waals surface area contributed by atoms with Gasteiger partial charge in [0.05, 0.1) is 6.61 Å². The van der Waals surface area contributed by atoms with Gasteiger partial charge in [0.2, 0.25) is 0 Å². The number of aryl methyl sites for hydroxylation is 1. The summed E-state index contributed by atoms with van der Waals surface area (Å²) in [6.45, 7) is 7.64. The van der Waals surface area contributed by atoms with Gasteiger partial charge in [0.15, 0.2) is 5.82 Å². The lowest BCUT2D eigenvalue weighted by molar-refractivity contribution is 0.0978. The average Bonchev–Trinajstić information content (AvgIpc) is 3.43. The zero-order valence-electron chi connectivity index (χ0n) is 20.2. The van der Waals surface area contributed by atoms with E-state index in [0.29, 0.717) is 43.5 Å². The van der Waals surface area contributed by atoms with Gasteiger partial charge in [-0.3, -0.25) is 9.78 Å². The number of aromatic nitrogens is 5. The third-order valence-corrected chi connectivity index (χ3v) is 6.53. The molecule has 10 heteroatoms. The fourth-order valence-electron chi connectivity index (χ4n) is 4.62. The molecule has 5 rings (SSSR count). The normalized spacial score (nSPS) is 15.9. The van der Waals surface area contributed by atoms with Crippen LogP contribution >= 0.6 is 0 Å². The molecule has 2 amide bonds. The molecule has 5 heterocycles. The molecular weight excluding hydrogens is 446 g/mol. The number of fused-ring (bicyclic) bond motifs is 2. The van der Waals surface area contributed by atoms with Crippen LogP contribution < -0.4 is 5.32 Å². The first-order chi connectivity index (χ1) is 16.9. The van der Waals surface area contributed by atoms with Crippen molar-refractivity contribution in [1.82, 2.24) is 29.6 Å². The summed E-state index contributed by atoms with van der Waals surface area (Å²) in [4.78, 5) is 35.9. The number of carbonyl (C=O) groups is 2. The molecule has 3 aromatic heterocycles. The Morgan fingerprint density at radius 3 is 2.86 bits per heavy atom. The highest BCUT2D eigenvalue weighted by atomic mass is 16.6. The quantitative estimate of drug-likeness (QED) is 0.600. The van der Waals surface area contributed by atoms with Crippen molar-refractivity contribution in [2.24, 2.45) is 0 Å². The van der Waals surface area contributed by atoms with Crippen molar-refractivity contribution >= 4 is 17.8 Å². The first kappa shape index (κ1) is 22.9. The third-order valence-electron chi connectivity index (χ3n) is 6.53. The van der Waals surface area contributed by atoms with Gasteiger partial charge in [0.25, 0.3) is 5.91 Å². The van der Waals surface area contributed by atoms with E-state index >= 15 is 0 Å². The number of ether oxygens (including phenoxy) is 1. The predicted octanol–water partition coefficient (Wildman–Crippen LogP) is 3.57. The Hall–Kier alpha value is -3.82. The average molecular weight is 476 g/mol. The SMILES string of the molecule is CCCOC(=O)N1CCc2cnc(C(=O)Nc3cccc(-c4nnc5n4C(C)(C)CC5)n3)cc2C1. The minimum atomic E-state index is -0.366. The number of hydrogen-bond donors (Lipinski definition) is 1. The molecule has 0 aromatic carbocycles. The lowest BCUT2D eigenvalue weighted by Gasteiger charge is -2.28. The lowest BCUT2D eigenvalue weighted by atomic mass is 10.0. The summed E-state index contributed by atoms with van der Waals surface area (Å²) in [6.07, 6.45) is 4.72. The number of carbonyl (C=O) groups excluding carboxylic acids is 2. The maximum Gasteiger partial charge on any atom is 0.410 e. The summed E-state index contributed by atoms with van der Waals surface area (Å²) in [7, 11) is 0. The highest BCUT2D eigenvalue weighted by Gasteiger charge is 2.34. The molecule has 3 aromatic rings. The van der Waals surface area contributed by atoms with Crippen molar-refractivity contribution in [3.63, 3.8) is 0 Å². The Labute approximate surface area is 203 Å². The Morgan fingerprint density at radius 1 is 1.17 bits per heavy atom. The van der Waals surface area contributed by atoms with Gasteiger partial charge >= 0.3 is 6.09 Å². The monoisotopic (exact) mass is 475 g/mol. The molecule has 0 atom stereocenters. The number of rotatable bonds is 5. The summed E-state index contributed by atoms with van der Waals surface area (Å²) in [6, 6.07) is 7.17. The van der Waals surface area contributed by atoms with Crippen LogP contribution in [0.25, 0.3) is 11.5 Å². The summed E-state index contributed by atoms with van der Waals surface area (Å²) in [5, 5.41) is 11.5. The van der Waals surface area contributed by atoms with Gasteiger partial charge in [-0.15, -0.1) is 10.2 Å². The minimum Gasteiger partial charge on any atom is -0.449 e. The molecule has 0 aliphatic carbocycles. The van der Waals surface area contributed by atoms with E-state index in [4.69, 9.17) is 4.74 Å². The zero-order valence-corrected chi connectivity index (χ0v) is 20.2. The van der Waals surface area contributed by atoms with Crippen molar-refractivity contribution in [2.75, 3.05) is 18.5 Å². The van der Waals surface area contributed by atoms with Gasteiger partial charge in [-0.05, 0) is 62.4 Å². The number of pyridine rings is 2. The molecule has 2 aliphatic rings. The fourth-order valence-corrected chi connectivity index (χ4v) is 4.62. The van der Waals surface area contributed by atoms with Crippen LogP contribution in [0.3, 0.4) is 0 Å². The second kappa shape index (κ2) is 9.09. The Morgan fingerprint density at radius 2 is 2.03 bits per heavy atom. The molecule has 0 spiro atoms. The molecule has 0 radical (unpaired) electrons. The van der Waals surface area contributed by atoms with Gasteiger partial charge in [0, 0.05) is 31.2 Å². The molecule has 0 saturated heterocycles. The molecular formula is C25H29N7O3. The van der Waals surface area contributed by atoms with Crippen LogP contribution in [0.1, 0.15) is 61.1 Å². The van der Waals surface area contributed by atoms with Gasteiger partial charge in [-0.2, -0.15) is 0 Å². The van der Waals surface area contributed by atoms with E-state index < -0.39 is 0 Å². The van der Waals surface area contributed by atoms with E-state index in [-0.39, 0.29) is 23.2 Å². The van der Waals surface area contributed by atoms with Crippen LogP contribution in [-0.4, -0.2) is 54.8 Å². The Balaban J connectivity index is 1.32. The van der Waals surface area contributed by atoms with E-state index in [0.717, 1.165) is 36.2 Å². The summed E-state index contributed by atoms with van der Waals surface area (Å²) in [5.41, 5.74) is 2.76. The number of hydrogen-bond acceptors (Lipinski definition) is 7. The lowest BCUT2D eigenvalue weighted by Crippen LogP contribution is -2.36. The minimum absolute atomic E-state index is 0.0843. The van der Waals surface area contributed by atoms with Crippen LogP contribution in [0.5, 0.6) is 0 Å². The van der Waals surface area contributed by atoms with E-state index in [1.54, 1.807) is 23.2 Å². The molecule has 0 saturated carbocycles. The fraction of sp³-hybridized carbons (Fsp3) is 0.440. The van der Waals surface area contributed by atoms with Gasteiger partial charge in [0.1, 0.15) is 23.0 Å². The van der Waals surface area contributed by atoms with Crippen LogP contribution in [0.4, 0.5) is 10.6 Å². The summed E-state index contributed by atoms with van der Waals surface area (Å²) < 4.78 is 7.39. The van der Waals surface area contributed by atoms with Crippen molar-refractivity contribution in [3.8, 4) is 11.5 Å². The van der Waals surface area contributed by atoms with Crippen molar-refractivity contribution in [1.29, 1.82) is 0 Å². The van der Waals surface area contributed by atoms with Crippen molar-refractivity contribution < 1.29 is 14.3 Å². The number of nitrogens with one attached hydrogen (secondary N) is 1. The predicted molar refractivity (Wildman–Crippen MR) is 129 cm³/mol. The van der Waals surface area contributed by atoms with E-state index in [9.17, 15) is 9.59 Å². The highest BCUT2D eigenvalue weighted by Crippen LogP contribution is 2.34. The van der Waals surface area contributed by atoms with Crippen molar-refractivity contribution in [3.05, 3.63) is 53.1 Å². The second-order valence-corrected chi connectivity index (χ2v) is 9.57. The standard InChI is InChI=1S/C25H29N7O3/c1-4-12-35-24(34)31-11-9-16-14-26-19(13-17(16)15-31)23(33)28-20-7-5-6-18(27-20)22-30-29-21-8-10-25(2,3)32(21)22/h5-7,13-14H,4,8-12,15H2,1-3H3,(H,27,28,33). The summed E-state index contributed by atoms with van der Waals surface area (Å²) in [5.74, 6) is 1.69.